The summed E-state index contributed by atoms with van der Waals surface area (Å²) < 4.78 is 5.35. The molecule has 1 amide bonds. The number of nitrogens with one attached hydrogen (secondary N) is 1. The SMILES string of the molecule is C[C@H](C(=O)c1ccccc1)[C@@H](NC(=O)OCc1ccccc1)c1ccccc1. The fourth-order valence-corrected chi connectivity index (χ4v) is 3.07. The highest BCUT2D eigenvalue weighted by Gasteiger charge is 2.28. The molecule has 1 N–H and O–H groups in total. The fourth-order valence-electron chi connectivity index (χ4n) is 3.07. The van der Waals surface area contributed by atoms with E-state index in [2.05, 4.69) is 5.32 Å². The number of ether oxygens (including phenoxy) is 1. The van der Waals surface area contributed by atoms with E-state index >= 15 is 0 Å². The van der Waals surface area contributed by atoms with E-state index in [1.54, 1.807) is 12.1 Å². The van der Waals surface area contributed by atoms with Gasteiger partial charge in [-0.25, -0.2) is 4.79 Å². The first kappa shape index (κ1) is 19.4. The molecule has 0 fully saturated rings. The predicted molar refractivity (Wildman–Crippen MR) is 109 cm³/mol. The highest BCUT2D eigenvalue weighted by molar-refractivity contribution is 5.98. The number of ketones is 1. The van der Waals surface area contributed by atoms with E-state index in [4.69, 9.17) is 4.74 Å². The predicted octanol–water partition coefficient (Wildman–Crippen LogP) is 5.17. The van der Waals surface area contributed by atoms with E-state index in [0.29, 0.717) is 5.56 Å². The molecule has 3 aromatic carbocycles. The Morgan fingerprint density at radius 2 is 1.36 bits per heavy atom. The van der Waals surface area contributed by atoms with E-state index < -0.39 is 18.1 Å². The van der Waals surface area contributed by atoms with Crippen molar-refractivity contribution < 1.29 is 14.3 Å². The van der Waals surface area contributed by atoms with Crippen molar-refractivity contribution in [1.82, 2.24) is 5.32 Å². The van der Waals surface area contributed by atoms with Crippen molar-refractivity contribution in [2.75, 3.05) is 0 Å². The van der Waals surface area contributed by atoms with Crippen molar-refractivity contribution in [2.45, 2.75) is 19.6 Å². The van der Waals surface area contributed by atoms with Crippen molar-refractivity contribution in [2.24, 2.45) is 5.92 Å². The molecule has 4 nitrogen and oxygen atoms in total. The van der Waals surface area contributed by atoms with Gasteiger partial charge in [-0.1, -0.05) is 97.9 Å². The van der Waals surface area contributed by atoms with Gasteiger partial charge in [-0.3, -0.25) is 4.79 Å². The summed E-state index contributed by atoms with van der Waals surface area (Å²) in [6.45, 7) is 2.00. The van der Waals surface area contributed by atoms with Crippen LogP contribution in [-0.4, -0.2) is 11.9 Å². The van der Waals surface area contributed by atoms with Crippen LogP contribution in [0.5, 0.6) is 0 Å². The number of carbonyl (C=O) groups excluding carboxylic acids is 2. The lowest BCUT2D eigenvalue weighted by Crippen LogP contribution is -2.36. The van der Waals surface area contributed by atoms with Gasteiger partial charge in [0.15, 0.2) is 5.78 Å². The minimum absolute atomic E-state index is 0.0298. The lowest BCUT2D eigenvalue weighted by molar-refractivity contribution is 0.0891. The topological polar surface area (TPSA) is 55.4 Å². The van der Waals surface area contributed by atoms with E-state index in [-0.39, 0.29) is 12.4 Å². The molecule has 0 aliphatic carbocycles. The van der Waals surface area contributed by atoms with Gasteiger partial charge in [-0.2, -0.15) is 0 Å². The third kappa shape index (κ3) is 5.07. The third-order valence-corrected chi connectivity index (χ3v) is 4.62. The Morgan fingerprint density at radius 3 is 1.96 bits per heavy atom. The van der Waals surface area contributed by atoms with Crippen LogP contribution in [0.25, 0.3) is 0 Å². The number of amides is 1. The summed E-state index contributed by atoms with van der Waals surface area (Å²) in [5.41, 5.74) is 2.38. The van der Waals surface area contributed by atoms with Crippen molar-refractivity contribution in [3.8, 4) is 0 Å². The van der Waals surface area contributed by atoms with Gasteiger partial charge in [-0.05, 0) is 11.1 Å². The first-order chi connectivity index (χ1) is 13.6. The highest BCUT2D eigenvalue weighted by atomic mass is 16.5. The molecule has 3 rings (SSSR count). The average molecular weight is 373 g/mol. The van der Waals surface area contributed by atoms with E-state index in [1.807, 2.05) is 85.8 Å². The number of carbonyl (C=O) groups is 2. The number of hydrogen-bond donors (Lipinski definition) is 1. The van der Waals surface area contributed by atoms with E-state index in [0.717, 1.165) is 11.1 Å². The largest absolute Gasteiger partial charge is 0.445 e. The summed E-state index contributed by atoms with van der Waals surface area (Å²) in [4.78, 5) is 25.3. The molecule has 2 atom stereocenters. The normalized spacial score (nSPS) is 12.6. The van der Waals surface area contributed by atoms with Crippen molar-refractivity contribution in [3.05, 3.63) is 108 Å². The summed E-state index contributed by atoms with van der Waals surface area (Å²) >= 11 is 0. The lowest BCUT2D eigenvalue weighted by Gasteiger charge is -2.24. The van der Waals surface area contributed by atoms with Crippen LogP contribution in [-0.2, 0) is 11.3 Å². The van der Waals surface area contributed by atoms with Gasteiger partial charge >= 0.3 is 6.09 Å². The summed E-state index contributed by atoms with van der Waals surface area (Å²) in [6, 6.07) is 27.6. The van der Waals surface area contributed by atoms with Crippen molar-refractivity contribution >= 4 is 11.9 Å². The third-order valence-electron chi connectivity index (χ3n) is 4.62. The Hall–Kier alpha value is -3.40. The van der Waals surface area contributed by atoms with Crippen molar-refractivity contribution in [3.63, 3.8) is 0 Å². The first-order valence-corrected chi connectivity index (χ1v) is 9.26. The van der Waals surface area contributed by atoms with Crippen LogP contribution < -0.4 is 5.32 Å². The fraction of sp³-hybridized carbons (Fsp3) is 0.167. The maximum atomic E-state index is 12.9. The van der Waals surface area contributed by atoms with Crippen LogP contribution in [0.1, 0.15) is 34.5 Å². The van der Waals surface area contributed by atoms with Crippen LogP contribution in [0.3, 0.4) is 0 Å². The van der Waals surface area contributed by atoms with Gasteiger partial charge in [0, 0.05) is 11.5 Å². The van der Waals surface area contributed by atoms with Gasteiger partial charge in [0.1, 0.15) is 6.61 Å². The Labute approximate surface area is 165 Å². The molecule has 0 unspecified atom stereocenters. The van der Waals surface area contributed by atoms with Crippen LogP contribution in [0.2, 0.25) is 0 Å². The summed E-state index contributed by atoms with van der Waals surface area (Å²) in [5, 5.41) is 2.87. The Bertz CT molecular complexity index is 895. The minimum atomic E-state index is -0.551. The zero-order valence-electron chi connectivity index (χ0n) is 15.7. The average Bonchev–Trinajstić information content (AvgIpc) is 2.77. The number of benzene rings is 3. The van der Waals surface area contributed by atoms with Gasteiger partial charge in [-0.15, -0.1) is 0 Å². The molecule has 0 bridgehead atoms. The zero-order valence-corrected chi connectivity index (χ0v) is 15.7. The Morgan fingerprint density at radius 1 is 0.821 bits per heavy atom. The first-order valence-electron chi connectivity index (χ1n) is 9.26. The van der Waals surface area contributed by atoms with Gasteiger partial charge < -0.3 is 10.1 Å². The summed E-state index contributed by atoms with van der Waals surface area (Å²) in [6.07, 6.45) is -0.551. The van der Waals surface area contributed by atoms with Crippen molar-refractivity contribution in [1.29, 1.82) is 0 Å². The van der Waals surface area contributed by atoms with Crippen LogP contribution >= 0.6 is 0 Å². The van der Waals surface area contributed by atoms with Gasteiger partial charge in [0.25, 0.3) is 0 Å². The molecule has 0 aliphatic rings. The summed E-state index contributed by atoms with van der Waals surface area (Å²) in [7, 11) is 0. The van der Waals surface area contributed by atoms with E-state index in [1.165, 1.54) is 0 Å². The van der Waals surface area contributed by atoms with E-state index in [9.17, 15) is 9.59 Å². The van der Waals surface area contributed by atoms with Gasteiger partial charge in [0.2, 0.25) is 0 Å². The highest BCUT2D eigenvalue weighted by Crippen LogP contribution is 2.25. The number of rotatable bonds is 7. The Balaban J connectivity index is 1.74. The molecule has 0 saturated heterocycles. The van der Waals surface area contributed by atoms with Crippen LogP contribution in [0.15, 0.2) is 91.0 Å². The molecule has 142 valence electrons. The van der Waals surface area contributed by atoms with Crippen LogP contribution in [0, 0.1) is 5.92 Å². The molecule has 0 radical (unpaired) electrons. The standard InChI is InChI=1S/C24H23NO3/c1-18(23(26)21-15-9-4-10-16-21)22(20-13-7-3-8-14-20)25-24(27)28-17-19-11-5-2-6-12-19/h2-16,18,22H,17H2,1H3,(H,25,27)/t18-,22+/m0/s1. The Kier molecular flexibility index (Phi) is 6.58. The second kappa shape index (κ2) is 9.51. The monoisotopic (exact) mass is 373 g/mol. The molecule has 0 saturated carbocycles. The summed E-state index contributed by atoms with van der Waals surface area (Å²) in [5.74, 6) is -0.480. The quantitative estimate of drug-likeness (QED) is 0.581. The number of Topliss-reactive ketones (excluding diaryl/α,β-unsaturated/α-hetero) is 1. The molecule has 4 heteroatoms. The zero-order chi connectivity index (χ0) is 19.8. The molecule has 0 aromatic heterocycles. The molecule has 28 heavy (non-hydrogen) atoms. The lowest BCUT2D eigenvalue weighted by atomic mass is 9.88. The number of alkyl carbamates (subject to hydrolysis) is 1. The maximum absolute atomic E-state index is 12.9. The maximum Gasteiger partial charge on any atom is 0.407 e. The molecule has 0 aliphatic heterocycles. The smallest absolute Gasteiger partial charge is 0.407 e. The number of hydrogen-bond acceptors (Lipinski definition) is 3. The van der Waals surface area contributed by atoms with Gasteiger partial charge in [0.05, 0.1) is 6.04 Å². The molecular formula is C24H23NO3. The molecule has 3 aromatic rings. The second-order valence-electron chi connectivity index (χ2n) is 6.61. The molecular weight excluding hydrogens is 350 g/mol. The minimum Gasteiger partial charge on any atom is -0.445 e. The van der Waals surface area contributed by atoms with Crippen LogP contribution in [0.4, 0.5) is 4.79 Å². The molecule has 0 spiro atoms. The molecule has 0 heterocycles. The second-order valence-corrected chi connectivity index (χ2v) is 6.61.